The van der Waals surface area contributed by atoms with E-state index in [9.17, 15) is 10.2 Å². The fourth-order valence-electron chi connectivity index (χ4n) is 2.81. The van der Waals surface area contributed by atoms with E-state index in [4.69, 9.17) is 0 Å². The fourth-order valence-corrected chi connectivity index (χ4v) is 2.81. The summed E-state index contributed by atoms with van der Waals surface area (Å²) in [5, 5.41) is 23.2. The van der Waals surface area contributed by atoms with Crippen molar-refractivity contribution in [3.05, 3.63) is 29.8 Å². The lowest BCUT2D eigenvalue weighted by Crippen LogP contribution is -2.30. The second-order valence-electron chi connectivity index (χ2n) is 5.19. The summed E-state index contributed by atoms with van der Waals surface area (Å²) in [5.74, 6) is 0.716. The molecule has 0 heterocycles. The number of rotatable bonds is 5. The highest BCUT2D eigenvalue weighted by molar-refractivity contribution is 5.34. The van der Waals surface area contributed by atoms with Gasteiger partial charge in [0.1, 0.15) is 5.75 Å². The predicted octanol–water partition coefficient (Wildman–Crippen LogP) is 2.59. The zero-order valence-corrected chi connectivity index (χ0v) is 11.0. The summed E-state index contributed by atoms with van der Waals surface area (Å²) in [4.78, 5) is 0. The Bertz CT molecular complexity index is 381. The van der Waals surface area contributed by atoms with Gasteiger partial charge in [0, 0.05) is 18.2 Å². The van der Waals surface area contributed by atoms with Crippen LogP contribution < -0.4 is 5.32 Å². The number of aliphatic hydroxyl groups is 1. The molecular formula is C15H23NO2. The van der Waals surface area contributed by atoms with Crippen molar-refractivity contribution in [2.24, 2.45) is 5.92 Å². The van der Waals surface area contributed by atoms with E-state index < -0.39 is 0 Å². The van der Waals surface area contributed by atoms with E-state index in [0.29, 0.717) is 11.7 Å². The van der Waals surface area contributed by atoms with Crippen LogP contribution in [0.3, 0.4) is 0 Å². The zero-order chi connectivity index (χ0) is 13.0. The Hall–Kier alpha value is -1.06. The van der Waals surface area contributed by atoms with Crippen LogP contribution in [0.5, 0.6) is 5.75 Å². The monoisotopic (exact) mass is 249 g/mol. The number of hydrogen-bond acceptors (Lipinski definition) is 3. The lowest BCUT2D eigenvalue weighted by molar-refractivity contribution is 0.129. The molecule has 0 spiro atoms. The van der Waals surface area contributed by atoms with Crippen molar-refractivity contribution in [1.29, 1.82) is 0 Å². The summed E-state index contributed by atoms with van der Waals surface area (Å²) in [5.41, 5.74) is 0.951. The molecule has 3 unspecified atom stereocenters. The van der Waals surface area contributed by atoms with E-state index in [1.54, 1.807) is 6.07 Å². The Kier molecular flexibility index (Phi) is 4.61. The molecule has 3 nitrogen and oxygen atoms in total. The van der Waals surface area contributed by atoms with Crippen molar-refractivity contribution in [2.75, 3.05) is 6.54 Å². The molecule has 1 aromatic rings. The molecular weight excluding hydrogens is 226 g/mol. The number of aromatic hydroxyl groups is 1. The van der Waals surface area contributed by atoms with Gasteiger partial charge in [0.15, 0.2) is 0 Å². The van der Waals surface area contributed by atoms with Crippen LogP contribution in [0.25, 0.3) is 0 Å². The largest absolute Gasteiger partial charge is 0.508 e. The summed E-state index contributed by atoms with van der Waals surface area (Å²) in [6, 6.07) is 7.64. The first kappa shape index (κ1) is 13.4. The molecule has 0 bridgehead atoms. The van der Waals surface area contributed by atoms with Gasteiger partial charge in [-0.05, 0) is 31.2 Å². The van der Waals surface area contributed by atoms with Crippen LogP contribution >= 0.6 is 0 Å². The maximum absolute atomic E-state index is 9.87. The van der Waals surface area contributed by atoms with Crippen molar-refractivity contribution >= 4 is 0 Å². The Labute approximate surface area is 109 Å². The van der Waals surface area contributed by atoms with Crippen molar-refractivity contribution in [3.8, 4) is 5.75 Å². The third kappa shape index (κ3) is 3.03. The van der Waals surface area contributed by atoms with Crippen molar-refractivity contribution in [1.82, 2.24) is 5.32 Å². The molecule has 1 fully saturated rings. The summed E-state index contributed by atoms with van der Waals surface area (Å²) < 4.78 is 0. The van der Waals surface area contributed by atoms with Gasteiger partial charge < -0.3 is 15.5 Å². The van der Waals surface area contributed by atoms with Gasteiger partial charge in [-0.2, -0.15) is 0 Å². The third-order valence-corrected chi connectivity index (χ3v) is 3.97. The first-order valence-corrected chi connectivity index (χ1v) is 6.91. The molecule has 0 amide bonds. The summed E-state index contributed by atoms with van der Waals surface area (Å²) in [6.07, 6.45) is 3.94. The molecule has 0 radical (unpaired) electrons. The van der Waals surface area contributed by atoms with Crippen molar-refractivity contribution in [3.63, 3.8) is 0 Å². The fraction of sp³-hybridized carbons (Fsp3) is 0.600. The van der Waals surface area contributed by atoms with Crippen LogP contribution in [-0.2, 0) is 0 Å². The molecule has 18 heavy (non-hydrogen) atoms. The minimum atomic E-state index is -0.153. The number of phenolic OH excluding ortho intramolecular Hbond substituents is 1. The molecule has 100 valence electrons. The van der Waals surface area contributed by atoms with Crippen LogP contribution in [0.15, 0.2) is 24.3 Å². The smallest absolute Gasteiger partial charge is 0.120 e. The molecule has 1 saturated carbocycles. The molecule has 1 aliphatic carbocycles. The topological polar surface area (TPSA) is 52.5 Å². The Morgan fingerprint density at radius 2 is 2.11 bits per heavy atom. The molecule has 1 aromatic carbocycles. The van der Waals surface area contributed by atoms with Crippen LogP contribution in [0.4, 0.5) is 0 Å². The first-order valence-electron chi connectivity index (χ1n) is 6.91. The van der Waals surface area contributed by atoms with E-state index in [2.05, 4.69) is 12.2 Å². The Morgan fingerprint density at radius 3 is 2.72 bits per heavy atom. The van der Waals surface area contributed by atoms with Crippen LogP contribution in [0.1, 0.15) is 44.2 Å². The minimum absolute atomic E-state index is 0.153. The van der Waals surface area contributed by atoms with Gasteiger partial charge in [-0.15, -0.1) is 0 Å². The highest BCUT2D eigenvalue weighted by Crippen LogP contribution is 2.28. The lowest BCUT2D eigenvalue weighted by Gasteiger charge is -2.22. The number of para-hydroxylation sites is 1. The highest BCUT2D eigenvalue weighted by Gasteiger charge is 2.25. The van der Waals surface area contributed by atoms with Crippen molar-refractivity contribution < 1.29 is 10.2 Å². The van der Waals surface area contributed by atoms with E-state index >= 15 is 0 Å². The average molecular weight is 249 g/mol. The van der Waals surface area contributed by atoms with Gasteiger partial charge in [-0.1, -0.05) is 31.5 Å². The maximum Gasteiger partial charge on any atom is 0.120 e. The molecule has 3 N–H and O–H groups in total. The molecule has 0 aliphatic heterocycles. The lowest BCUT2D eigenvalue weighted by atomic mass is 10.0. The summed E-state index contributed by atoms with van der Waals surface area (Å²) in [7, 11) is 0. The number of phenols is 1. The number of hydrogen-bond donors (Lipinski definition) is 3. The molecule has 0 saturated heterocycles. The second-order valence-corrected chi connectivity index (χ2v) is 5.19. The van der Waals surface area contributed by atoms with Gasteiger partial charge >= 0.3 is 0 Å². The SMILES string of the molecule is CCC(NCC1CCCC1O)c1ccccc1O. The van der Waals surface area contributed by atoms with E-state index in [-0.39, 0.29) is 12.1 Å². The van der Waals surface area contributed by atoms with Crippen LogP contribution in [0.2, 0.25) is 0 Å². The molecule has 2 rings (SSSR count). The van der Waals surface area contributed by atoms with E-state index in [1.807, 2.05) is 18.2 Å². The van der Waals surface area contributed by atoms with Gasteiger partial charge in [-0.3, -0.25) is 0 Å². The average Bonchev–Trinajstić information content (AvgIpc) is 2.78. The third-order valence-electron chi connectivity index (χ3n) is 3.97. The molecule has 3 atom stereocenters. The highest BCUT2D eigenvalue weighted by atomic mass is 16.3. The number of aliphatic hydroxyl groups excluding tert-OH is 1. The van der Waals surface area contributed by atoms with Gasteiger partial charge in [0.25, 0.3) is 0 Å². The maximum atomic E-state index is 9.87. The van der Waals surface area contributed by atoms with Crippen molar-refractivity contribution in [2.45, 2.75) is 44.8 Å². The van der Waals surface area contributed by atoms with Gasteiger partial charge in [0.05, 0.1) is 6.10 Å². The number of benzene rings is 1. The molecule has 0 aromatic heterocycles. The predicted molar refractivity (Wildman–Crippen MR) is 72.5 cm³/mol. The first-order chi connectivity index (χ1) is 8.72. The minimum Gasteiger partial charge on any atom is -0.508 e. The molecule has 1 aliphatic rings. The Morgan fingerprint density at radius 1 is 1.33 bits per heavy atom. The van der Waals surface area contributed by atoms with Crippen LogP contribution in [0, 0.1) is 5.92 Å². The molecule has 3 heteroatoms. The second kappa shape index (κ2) is 6.21. The quantitative estimate of drug-likeness (QED) is 0.752. The van der Waals surface area contributed by atoms with E-state index in [0.717, 1.165) is 37.8 Å². The summed E-state index contributed by atoms with van der Waals surface area (Å²) in [6.45, 7) is 2.93. The Balaban J connectivity index is 1.95. The zero-order valence-electron chi connectivity index (χ0n) is 11.0. The normalized spacial score (nSPS) is 25.2. The summed E-state index contributed by atoms with van der Waals surface area (Å²) >= 11 is 0. The standard InChI is InChI=1S/C15H23NO2/c1-2-13(12-7-3-4-8-15(12)18)16-10-11-6-5-9-14(11)17/h3-4,7-8,11,13-14,16-18H,2,5-6,9-10H2,1H3. The number of nitrogens with one attached hydrogen (secondary N) is 1. The van der Waals surface area contributed by atoms with Crippen LogP contribution in [-0.4, -0.2) is 22.9 Å². The van der Waals surface area contributed by atoms with E-state index in [1.165, 1.54) is 0 Å². The van der Waals surface area contributed by atoms with Gasteiger partial charge in [-0.25, -0.2) is 0 Å². The van der Waals surface area contributed by atoms with Gasteiger partial charge in [0.2, 0.25) is 0 Å².